The van der Waals surface area contributed by atoms with Crippen molar-refractivity contribution >= 4 is 5.91 Å². The van der Waals surface area contributed by atoms with Crippen molar-refractivity contribution in [2.45, 2.75) is 25.3 Å². The van der Waals surface area contributed by atoms with E-state index >= 15 is 0 Å². The summed E-state index contributed by atoms with van der Waals surface area (Å²) in [4.78, 5) is 16.3. The van der Waals surface area contributed by atoms with Gasteiger partial charge in [0.25, 0.3) is 0 Å². The van der Waals surface area contributed by atoms with Crippen LogP contribution in [0.2, 0.25) is 0 Å². The molecule has 25 heavy (non-hydrogen) atoms. The lowest BCUT2D eigenvalue weighted by molar-refractivity contribution is -0.122. The average Bonchev–Trinajstić information content (AvgIpc) is 3.32. The molecule has 0 unspecified atom stereocenters. The molecule has 0 aliphatic carbocycles. The Morgan fingerprint density at radius 1 is 1.20 bits per heavy atom. The van der Waals surface area contributed by atoms with Crippen molar-refractivity contribution in [3.8, 4) is 11.6 Å². The van der Waals surface area contributed by atoms with E-state index in [4.69, 9.17) is 8.94 Å². The van der Waals surface area contributed by atoms with Crippen molar-refractivity contribution in [2.24, 2.45) is 0 Å². The highest BCUT2D eigenvalue weighted by Gasteiger charge is 2.14. The Morgan fingerprint density at radius 2 is 2.04 bits per heavy atom. The van der Waals surface area contributed by atoms with Gasteiger partial charge >= 0.3 is 0 Å². The Balaban J connectivity index is 1.46. The Hall–Kier alpha value is -2.93. The number of nitrogens with zero attached hydrogens (tertiary/aromatic N) is 2. The summed E-state index contributed by atoms with van der Waals surface area (Å²) in [7, 11) is 0. The standard InChI is InChI=1S/C18H19N3O4/c22-12-14(13-6-2-1-3-7-13)19-16(23)9-4-10-17-20-18(21-25-17)15-8-5-11-24-15/h1-3,5-8,11,14,22H,4,9-10,12H2,(H,19,23)/t14-/m1/s1. The van der Waals surface area contributed by atoms with Crippen molar-refractivity contribution in [3.05, 3.63) is 60.2 Å². The van der Waals surface area contributed by atoms with Crippen LogP contribution in [0.4, 0.5) is 0 Å². The van der Waals surface area contributed by atoms with Crippen LogP contribution in [-0.4, -0.2) is 27.8 Å². The molecule has 0 saturated carbocycles. The van der Waals surface area contributed by atoms with E-state index in [2.05, 4.69) is 15.5 Å². The molecular formula is C18H19N3O4. The molecule has 2 heterocycles. The van der Waals surface area contributed by atoms with E-state index in [1.54, 1.807) is 18.4 Å². The fourth-order valence-corrected chi connectivity index (χ4v) is 2.45. The molecule has 0 saturated heterocycles. The molecule has 130 valence electrons. The van der Waals surface area contributed by atoms with E-state index in [0.717, 1.165) is 5.56 Å². The van der Waals surface area contributed by atoms with Crippen LogP contribution in [0.3, 0.4) is 0 Å². The molecule has 0 spiro atoms. The fraction of sp³-hybridized carbons (Fsp3) is 0.278. The van der Waals surface area contributed by atoms with E-state index in [0.29, 0.717) is 36.7 Å². The lowest BCUT2D eigenvalue weighted by Gasteiger charge is -2.16. The van der Waals surface area contributed by atoms with Crippen LogP contribution in [0.1, 0.15) is 30.3 Å². The normalized spacial score (nSPS) is 12.0. The number of hydrogen-bond donors (Lipinski definition) is 2. The third-order valence-corrected chi connectivity index (χ3v) is 3.72. The highest BCUT2D eigenvalue weighted by atomic mass is 16.5. The smallest absolute Gasteiger partial charge is 0.238 e. The summed E-state index contributed by atoms with van der Waals surface area (Å²) >= 11 is 0. The molecular weight excluding hydrogens is 322 g/mol. The van der Waals surface area contributed by atoms with Gasteiger partial charge in [-0.15, -0.1) is 0 Å². The largest absolute Gasteiger partial charge is 0.461 e. The average molecular weight is 341 g/mol. The molecule has 0 radical (unpaired) electrons. The molecule has 1 aromatic carbocycles. The predicted octanol–water partition coefficient (Wildman–Crippen LogP) is 2.50. The fourth-order valence-electron chi connectivity index (χ4n) is 2.45. The summed E-state index contributed by atoms with van der Waals surface area (Å²) < 4.78 is 10.3. The number of rotatable bonds is 8. The summed E-state index contributed by atoms with van der Waals surface area (Å²) in [6.07, 6.45) is 2.91. The minimum Gasteiger partial charge on any atom is -0.461 e. The SMILES string of the molecule is O=C(CCCc1nc(-c2ccco2)no1)N[C@H](CO)c1ccccc1. The topological polar surface area (TPSA) is 101 Å². The first-order valence-electron chi connectivity index (χ1n) is 8.08. The van der Waals surface area contributed by atoms with Gasteiger partial charge in [0.15, 0.2) is 5.76 Å². The van der Waals surface area contributed by atoms with Crippen LogP contribution in [-0.2, 0) is 11.2 Å². The molecule has 3 aromatic rings. The van der Waals surface area contributed by atoms with Crippen molar-refractivity contribution in [1.29, 1.82) is 0 Å². The van der Waals surface area contributed by atoms with E-state index < -0.39 is 6.04 Å². The van der Waals surface area contributed by atoms with Gasteiger partial charge in [-0.2, -0.15) is 4.98 Å². The Bertz CT molecular complexity index is 784. The molecule has 0 fully saturated rings. The van der Waals surface area contributed by atoms with Crippen LogP contribution >= 0.6 is 0 Å². The second-order valence-corrected chi connectivity index (χ2v) is 5.56. The Kier molecular flexibility index (Phi) is 5.58. The van der Waals surface area contributed by atoms with Crippen molar-refractivity contribution in [3.63, 3.8) is 0 Å². The second kappa shape index (κ2) is 8.25. The number of furan rings is 1. The maximum atomic E-state index is 12.1. The molecule has 1 amide bonds. The van der Waals surface area contributed by atoms with Crippen LogP contribution in [0, 0.1) is 0 Å². The van der Waals surface area contributed by atoms with E-state index in [-0.39, 0.29) is 12.5 Å². The van der Waals surface area contributed by atoms with Crippen LogP contribution < -0.4 is 5.32 Å². The van der Waals surface area contributed by atoms with E-state index in [1.165, 1.54) is 0 Å². The number of hydrogen-bond acceptors (Lipinski definition) is 6. The van der Waals surface area contributed by atoms with Crippen LogP contribution in [0.15, 0.2) is 57.7 Å². The maximum Gasteiger partial charge on any atom is 0.238 e. The molecule has 7 nitrogen and oxygen atoms in total. The van der Waals surface area contributed by atoms with E-state index in [1.807, 2.05) is 30.3 Å². The zero-order valence-corrected chi connectivity index (χ0v) is 13.6. The lowest BCUT2D eigenvalue weighted by Crippen LogP contribution is -2.30. The number of carbonyl (C=O) groups excluding carboxylic acids is 1. The van der Waals surface area contributed by atoms with Crippen molar-refractivity contribution in [2.75, 3.05) is 6.61 Å². The number of amides is 1. The molecule has 1 atom stereocenters. The highest BCUT2D eigenvalue weighted by molar-refractivity contribution is 5.76. The number of aliphatic hydroxyl groups is 1. The number of nitrogens with one attached hydrogen (secondary N) is 1. The van der Waals surface area contributed by atoms with Gasteiger partial charge < -0.3 is 19.4 Å². The monoisotopic (exact) mass is 341 g/mol. The third-order valence-electron chi connectivity index (χ3n) is 3.72. The van der Waals surface area contributed by atoms with Crippen molar-refractivity contribution in [1.82, 2.24) is 15.5 Å². The molecule has 0 bridgehead atoms. The minimum atomic E-state index is -0.400. The molecule has 2 aromatic heterocycles. The summed E-state index contributed by atoms with van der Waals surface area (Å²) in [5.41, 5.74) is 0.873. The summed E-state index contributed by atoms with van der Waals surface area (Å²) in [5.74, 6) is 1.27. The number of carbonyl (C=O) groups is 1. The zero-order chi connectivity index (χ0) is 17.5. The maximum absolute atomic E-state index is 12.1. The highest BCUT2D eigenvalue weighted by Crippen LogP contribution is 2.17. The van der Waals surface area contributed by atoms with Crippen molar-refractivity contribution < 1.29 is 18.8 Å². The molecule has 0 aliphatic heterocycles. The van der Waals surface area contributed by atoms with Gasteiger partial charge in [-0.1, -0.05) is 35.5 Å². The summed E-state index contributed by atoms with van der Waals surface area (Å²) in [5, 5.41) is 16.1. The quantitative estimate of drug-likeness (QED) is 0.653. The van der Waals surface area contributed by atoms with Gasteiger partial charge in [0.05, 0.1) is 18.9 Å². The lowest BCUT2D eigenvalue weighted by atomic mass is 10.1. The van der Waals surface area contributed by atoms with Gasteiger partial charge in [0, 0.05) is 12.8 Å². The molecule has 0 aliphatic rings. The first kappa shape index (κ1) is 16.9. The zero-order valence-electron chi connectivity index (χ0n) is 13.6. The molecule has 7 heteroatoms. The van der Waals surface area contributed by atoms with Gasteiger partial charge in [-0.05, 0) is 24.1 Å². The Labute approximate surface area is 144 Å². The van der Waals surface area contributed by atoms with Gasteiger partial charge in [0.2, 0.25) is 17.6 Å². The minimum absolute atomic E-state index is 0.131. The molecule has 2 N–H and O–H groups in total. The van der Waals surface area contributed by atoms with Crippen LogP contribution in [0.25, 0.3) is 11.6 Å². The summed E-state index contributed by atoms with van der Waals surface area (Å²) in [6.45, 7) is -0.147. The first-order valence-corrected chi connectivity index (χ1v) is 8.08. The van der Waals surface area contributed by atoms with Gasteiger partial charge in [-0.3, -0.25) is 4.79 Å². The number of aromatic nitrogens is 2. The Morgan fingerprint density at radius 3 is 2.76 bits per heavy atom. The first-order chi connectivity index (χ1) is 12.3. The number of aliphatic hydroxyl groups excluding tert-OH is 1. The molecule has 3 rings (SSSR count). The number of aryl methyl sites for hydroxylation is 1. The number of benzene rings is 1. The van der Waals surface area contributed by atoms with Crippen LogP contribution in [0.5, 0.6) is 0 Å². The van der Waals surface area contributed by atoms with E-state index in [9.17, 15) is 9.90 Å². The van der Waals surface area contributed by atoms with Gasteiger partial charge in [0.1, 0.15) is 0 Å². The third kappa shape index (κ3) is 4.54. The second-order valence-electron chi connectivity index (χ2n) is 5.56. The predicted molar refractivity (Wildman–Crippen MR) is 89.3 cm³/mol. The summed E-state index contributed by atoms with van der Waals surface area (Å²) in [6, 6.07) is 12.5. The van der Waals surface area contributed by atoms with Gasteiger partial charge in [-0.25, -0.2) is 0 Å².